The molecular weight excluding hydrogens is 279 g/mol. The standard InChI is InChI=1S/C16H18F3NO/c1-3-13(20-4-2)15-10-9-14(21-15)11-7-5-6-8-12(11)16(17,18)19/h5-10,13,20H,3-4H2,1-2H3. The van der Waals surface area contributed by atoms with Gasteiger partial charge in [0.05, 0.1) is 11.6 Å². The Bertz CT molecular complexity index is 589. The van der Waals surface area contributed by atoms with Gasteiger partial charge in [-0.1, -0.05) is 32.0 Å². The van der Waals surface area contributed by atoms with E-state index in [0.29, 0.717) is 5.76 Å². The molecule has 1 aromatic carbocycles. The average molecular weight is 297 g/mol. The molecule has 1 atom stereocenters. The van der Waals surface area contributed by atoms with E-state index >= 15 is 0 Å². The molecule has 1 N–H and O–H groups in total. The molecule has 0 fully saturated rings. The third-order valence-electron chi connectivity index (χ3n) is 3.33. The van der Waals surface area contributed by atoms with Crippen molar-refractivity contribution in [1.29, 1.82) is 0 Å². The van der Waals surface area contributed by atoms with Crippen molar-refractivity contribution in [2.45, 2.75) is 32.5 Å². The molecule has 0 bridgehead atoms. The highest BCUT2D eigenvalue weighted by molar-refractivity contribution is 5.63. The van der Waals surface area contributed by atoms with Crippen LogP contribution in [0.4, 0.5) is 13.2 Å². The fraction of sp³-hybridized carbons (Fsp3) is 0.375. The quantitative estimate of drug-likeness (QED) is 0.837. The molecule has 0 spiro atoms. The number of nitrogens with one attached hydrogen (secondary N) is 1. The van der Waals surface area contributed by atoms with Gasteiger partial charge in [0.15, 0.2) is 0 Å². The molecule has 0 aliphatic heterocycles. The van der Waals surface area contributed by atoms with E-state index < -0.39 is 11.7 Å². The first kappa shape index (κ1) is 15.6. The van der Waals surface area contributed by atoms with Crippen LogP contribution in [0.5, 0.6) is 0 Å². The summed E-state index contributed by atoms with van der Waals surface area (Å²) in [5.41, 5.74) is -0.606. The Kier molecular flexibility index (Phi) is 4.73. The summed E-state index contributed by atoms with van der Waals surface area (Å²) < 4.78 is 44.7. The fourth-order valence-corrected chi connectivity index (χ4v) is 2.32. The molecule has 0 radical (unpaired) electrons. The minimum absolute atomic E-state index is 0.0156. The average Bonchev–Trinajstić information content (AvgIpc) is 2.93. The Balaban J connectivity index is 2.38. The van der Waals surface area contributed by atoms with Crippen LogP contribution in [0.1, 0.15) is 37.6 Å². The molecule has 114 valence electrons. The Morgan fingerprint density at radius 1 is 1.10 bits per heavy atom. The summed E-state index contributed by atoms with van der Waals surface area (Å²) in [6.45, 7) is 4.75. The van der Waals surface area contributed by atoms with Crippen molar-refractivity contribution in [1.82, 2.24) is 5.32 Å². The summed E-state index contributed by atoms with van der Waals surface area (Å²) in [7, 11) is 0. The van der Waals surface area contributed by atoms with Crippen LogP contribution in [0.2, 0.25) is 0 Å². The van der Waals surface area contributed by atoms with E-state index in [2.05, 4.69) is 5.32 Å². The van der Waals surface area contributed by atoms with Gasteiger partial charge in [-0.3, -0.25) is 0 Å². The smallest absolute Gasteiger partial charge is 0.417 e. The van der Waals surface area contributed by atoms with Crippen molar-refractivity contribution >= 4 is 0 Å². The number of hydrogen-bond donors (Lipinski definition) is 1. The third kappa shape index (κ3) is 3.47. The van der Waals surface area contributed by atoms with E-state index in [4.69, 9.17) is 4.42 Å². The Hall–Kier alpha value is -1.75. The lowest BCUT2D eigenvalue weighted by atomic mass is 10.1. The van der Waals surface area contributed by atoms with Crippen molar-refractivity contribution in [3.05, 3.63) is 47.7 Å². The second-order valence-corrected chi connectivity index (χ2v) is 4.76. The number of alkyl halides is 3. The van der Waals surface area contributed by atoms with Crippen LogP contribution in [0.25, 0.3) is 11.3 Å². The summed E-state index contributed by atoms with van der Waals surface area (Å²) in [5, 5.41) is 3.24. The zero-order chi connectivity index (χ0) is 15.5. The Labute approximate surface area is 122 Å². The first-order valence-corrected chi connectivity index (χ1v) is 6.97. The number of hydrogen-bond acceptors (Lipinski definition) is 2. The molecule has 0 aliphatic carbocycles. The molecule has 1 heterocycles. The Morgan fingerprint density at radius 2 is 1.81 bits per heavy atom. The van der Waals surface area contributed by atoms with Gasteiger partial charge in [0, 0.05) is 5.56 Å². The minimum atomic E-state index is -4.39. The maximum Gasteiger partial charge on any atom is 0.417 e. The molecular formula is C16H18F3NO. The van der Waals surface area contributed by atoms with Crippen LogP contribution in [0.3, 0.4) is 0 Å². The summed E-state index contributed by atoms with van der Waals surface area (Å²) in [6.07, 6.45) is -3.59. The van der Waals surface area contributed by atoms with E-state index in [9.17, 15) is 13.2 Å². The van der Waals surface area contributed by atoms with Crippen molar-refractivity contribution in [3.63, 3.8) is 0 Å². The van der Waals surface area contributed by atoms with Crippen LogP contribution < -0.4 is 5.32 Å². The van der Waals surface area contributed by atoms with Crippen LogP contribution in [-0.2, 0) is 6.18 Å². The molecule has 0 aliphatic rings. The van der Waals surface area contributed by atoms with Crippen LogP contribution in [0.15, 0.2) is 40.8 Å². The molecule has 1 unspecified atom stereocenters. The van der Waals surface area contributed by atoms with Gasteiger partial charge in [0.25, 0.3) is 0 Å². The zero-order valence-corrected chi connectivity index (χ0v) is 12.0. The molecule has 5 heteroatoms. The molecule has 1 aromatic heterocycles. The zero-order valence-electron chi connectivity index (χ0n) is 12.0. The van der Waals surface area contributed by atoms with E-state index in [1.165, 1.54) is 12.1 Å². The predicted molar refractivity (Wildman–Crippen MR) is 75.9 cm³/mol. The number of halogens is 3. The lowest BCUT2D eigenvalue weighted by Crippen LogP contribution is -2.19. The maximum absolute atomic E-state index is 13.0. The Morgan fingerprint density at radius 3 is 2.43 bits per heavy atom. The van der Waals surface area contributed by atoms with Crippen molar-refractivity contribution in [3.8, 4) is 11.3 Å². The first-order chi connectivity index (χ1) is 9.97. The van der Waals surface area contributed by atoms with Crippen molar-refractivity contribution in [2.24, 2.45) is 0 Å². The SMILES string of the molecule is CCNC(CC)c1ccc(-c2ccccc2C(F)(F)F)o1. The predicted octanol–water partition coefficient (Wildman–Crippen LogP) is 5.03. The van der Waals surface area contributed by atoms with Gasteiger partial charge in [-0.05, 0) is 31.2 Å². The third-order valence-corrected chi connectivity index (χ3v) is 3.33. The van der Waals surface area contributed by atoms with Crippen LogP contribution >= 0.6 is 0 Å². The molecule has 2 nitrogen and oxygen atoms in total. The largest absolute Gasteiger partial charge is 0.459 e. The number of rotatable bonds is 5. The van der Waals surface area contributed by atoms with Gasteiger partial charge in [-0.2, -0.15) is 13.2 Å². The van der Waals surface area contributed by atoms with Gasteiger partial charge in [-0.25, -0.2) is 0 Å². The normalized spacial score (nSPS) is 13.4. The van der Waals surface area contributed by atoms with Gasteiger partial charge < -0.3 is 9.73 Å². The molecule has 0 saturated heterocycles. The lowest BCUT2D eigenvalue weighted by molar-refractivity contribution is -0.137. The summed E-state index contributed by atoms with van der Waals surface area (Å²) in [6, 6.07) is 8.80. The van der Waals surface area contributed by atoms with E-state index in [0.717, 1.165) is 19.0 Å². The second kappa shape index (κ2) is 6.35. The van der Waals surface area contributed by atoms with Gasteiger partial charge in [0.1, 0.15) is 11.5 Å². The molecule has 21 heavy (non-hydrogen) atoms. The van der Waals surface area contributed by atoms with Crippen LogP contribution in [0, 0.1) is 0 Å². The van der Waals surface area contributed by atoms with Gasteiger partial charge >= 0.3 is 6.18 Å². The second-order valence-electron chi connectivity index (χ2n) is 4.76. The molecule has 0 saturated carbocycles. The summed E-state index contributed by atoms with van der Waals surface area (Å²) in [4.78, 5) is 0. The highest BCUT2D eigenvalue weighted by Gasteiger charge is 2.34. The van der Waals surface area contributed by atoms with E-state index in [1.807, 2.05) is 13.8 Å². The number of benzene rings is 1. The monoisotopic (exact) mass is 297 g/mol. The van der Waals surface area contributed by atoms with Gasteiger partial charge in [-0.15, -0.1) is 0 Å². The molecule has 2 rings (SSSR count). The molecule has 2 aromatic rings. The van der Waals surface area contributed by atoms with E-state index in [1.54, 1.807) is 18.2 Å². The summed E-state index contributed by atoms with van der Waals surface area (Å²) in [5.74, 6) is 0.903. The minimum Gasteiger partial charge on any atom is -0.459 e. The van der Waals surface area contributed by atoms with Crippen molar-refractivity contribution in [2.75, 3.05) is 6.54 Å². The lowest BCUT2D eigenvalue weighted by Gasteiger charge is -2.13. The molecule has 0 amide bonds. The summed E-state index contributed by atoms with van der Waals surface area (Å²) >= 11 is 0. The highest BCUT2D eigenvalue weighted by Crippen LogP contribution is 2.38. The fourth-order valence-electron chi connectivity index (χ4n) is 2.32. The van der Waals surface area contributed by atoms with E-state index in [-0.39, 0.29) is 17.4 Å². The van der Waals surface area contributed by atoms with Crippen LogP contribution in [-0.4, -0.2) is 6.54 Å². The maximum atomic E-state index is 13.0. The topological polar surface area (TPSA) is 25.2 Å². The highest BCUT2D eigenvalue weighted by atomic mass is 19.4. The van der Waals surface area contributed by atoms with Crippen molar-refractivity contribution < 1.29 is 17.6 Å². The first-order valence-electron chi connectivity index (χ1n) is 6.97. The van der Waals surface area contributed by atoms with Gasteiger partial charge in [0.2, 0.25) is 0 Å². The number of furan rings is 1.